The van der Waals surface area contributed by atoms with Crippen LogP contribution in [0.3, 0.4) is 0 Å². The molecule has 1 aliphatic heterocycles. The standard InChI is InChI=1S/C23H21N3O5S2/c1-29-17-7-3-2-5-15(17)21(23-26-16-6-4-11-25-22(16)32-23)19-10-12-30-20-13-14(33(24,27)28)8-9-18(20)31-19/h2-9,11,13,19,21H,10,12H2,1H3,(H2,24,27,28)/t19?,21-/m0/s1. The molecule has 0 spiro atoms. The first-order valence-electron chi connectivity index (χ1n) is 10.2. The van der Waals surface area contributed by atoms with E-state index in [1.807, 2.05) is 36.4 Å². The van der Waals surface area contributed by atoms with Gasteiger partial charge in [-0.05, 0) is 30.3 Å². The molecule has 10 heteroatoms. The Morgan fingerprint density at radius 3 is 2.79 bits per heavy atom. The molecule has 3 heterocycles. The highest BCUT2D eigenvalue weighted by Crippen LogP contribution is 2.42. The Labute approximate surface area is 195 Å². The molecule has 1 unspecified atom stereocenters. The van der Waals surface area contributed by atoms with Crippen molar-refractivity contribution in [2.24, 2.45) is 5.14 Å². The molecule has 8 nitrogen and oxygen atoms in total. The molecule has 0 fully saturated rings. The van der Waals surface area contributed by atoms with Crippen LogP contribution in [0.5, 0.6) is 17.2 Å². The minimum atomic E-state index is -3.86. The quantitative estimate of drug-likeness (QED) is 0.460. The number of ether oxygens (including phenoxy) is 3. The highest BCUT2D eigenvalue weighted by Gasteiger charge is 2.34. The van der Waals surface area contributed by atoms with Crippen LogP contribution in [0.1, 0.15) is 22.9 Å². The van der Waals surface area contributed by atoms with Crippen molar-refractivity contribution in [1.29, 1.82) is 0 Å². The number of sulfonamides is 1. The van der Waals surface area contributed by atoms with E-state index >= 15 is 0 Å². The smallest absolute Gasteiger partial charge is 0.238 e. The van der Waals surface area contributed by atoms with Gasteiger partial charge in [-0.15, -0.1) is 0 Å². The molecule has 0 radical (unpaired) electrons. The summed E-state index contributed by atoms with van der Waals surface area (Å²) < 4.78 is 41.4. The highest BCUT2D eigenvalue weighted by molar-refractivity contribution is 7.89. The monoisotopic (exact) mass is 483 g/mol. The van der Waals surface area contributed by atoms with E-state index in [2.05, 4.69) is 4.98 Å². The molecule has 33 heavy (non-hydrogen) atoms. The number of nitrogens with zero attached hydrogens (tertiary/aromatic N) is 2. The summed E-state index contributed by atoms with van der Waals surface area (Å²) in [6.07, 6.45) is 1.95. The summed E-state index contributed by atoms with van der Waals surface area (Å²) >= 11 is 1.51. The number of rotatable bonds is 5. The molecular formula is C23H21N3O5S2. The number of hydrogen-bond acceptors (Lipinski definition) is 8. The van der Waals surface area contributed by atoms with Crippen LogP contribution in [0.25, 0.3) is 10.3 Å². The van der Waals surface area contributed by atoms with E-state index in [-0.39, 0.29) is 16.9 Å². The molecule has 0 amide bonds. The number of aromatic nitrogens is 2. The molecule has 0 bridgehead atoms. The zero-order valence-electron chi connectivity index (χ0n) is 17.7. The highest BCUT2D eigenvalue weighted by atomic mass is 32.2. The van der Waals surface area contributed by atoms with Crippen LogP contribution in [-0.2, 0) is 10.0 Å². The van der Waals surface area contributed by atoms with E-state index in [1.54, 1.807) is 19.4 Å². The lowest BCUT2D eigenvalue weighted by atomic mass is 9.91. The van der Waals surface area contributed by atoms with Crippen LogP contribution in [0.15, 0.2) is 65.7 Å². The Morgan fingerprint density at radius 1 is 1.15 bits per heavy atom. The van der Waals surface area contributed by atoms with Crippen LogP contribution in [0, 0.1) is 0 Å². The number of pyridine rings is 1. The Hall–Kier alpha value is -3.21. The summed E-state index contributed by atoms with van der Waals surface area (Å²) in [6.45, 7) is 0.334. The van der Waals surface area contributed by atoms with Crippen molar-refractivity contribution < 1.29 is 22.6 Å². The lowest BCUT2D eigenvalue weighted by molar-refractivity contribution is 0.172. The Morgan fingerprint density at radius 2 is 2.00 bits per heavy atom. The number of hydrogen-bond donors (Lipinski definition) is 1. The van der Waals surface area contributed by atoms with Crippen molar-refractivity contribution in [3.05, 3.63) is 71.4 Å². The first-order valence-corrected chi connectivity index (χ1v) is 12.6. The van der Waals surface area contributed by atoms with Crippen molar-refractivity contribution in [3.63, 3.8) is 0 Å². The van der Waals surface area contributed by atoms with Gasteiger partial charge in [0.05, 0.1) is 24.5 Å². The SMILES string of the molecule is COc1ccccc1[C@H](c1nc2cccnc2s1)C1CCOc2cc(S(N)(=O)=O)ccc2O1. The summed E-state index contributed by atoms with van der Waals surface area (Å²) in [6, 6.07) is 16.0. The van der Waals surface area contributed by atoms with Gasteiger partial charge in [-0.2, -0.15) is 0 Å². The van der Waals surface area contributed by atoms with Gasteiger partial charge >= 0.3 is 0 Å². The van der Waals surface area contributed by atoms with Crippen molar-refractivity contribution >= 4 is 31.7 Å². The first-order chi connectivity index (χ1) is 15.9. The van der Waals surface area contributed by atoms with Gasteiger partial charge < -0.3 is 14.2 Å². The van der Waals surface area contributed by atoms with Gasteiger partial charge in [-0.3, -0.25) is 0 Å². The van der Waals surface area contributed by atoms with Gasteiger partial charge in [0.2, 0.25) is 10.0 Å². The molecule has 0 saturated heterocycles. The summed E-state index contributed by atoms with van der Waals surface area (Å²) in [4.78, 5) is 10.1. The second-order valence-corrected chi connectivity index (χ2v) is 10.1. The summed E-state index contributed by atoms with van der Waals surface area (Å²) in [5, 5.41) is 6.12. The fraction of sp³-hybridized carbons (Fsp3) is 0.217. The van der Waals surface area contributed by atoms with E-state index < -0.39 is 10.0 Å². The number of benzene rings is 2. The number of nitrogens with two attached hydrogens (primary N) is 1. The van der Waals surface area contributed by atoms with E-state index in [0.717, 1.165) is 26.7 Å². The molecule has 2 aromatic heterocycles. The zero-order valence-corrected chi connectivity index (χ0v) is 19.3. The van der Waals surface area contributed by atoms with Gasteiger partial charge in [0.1, 0.15) is 27.2 Å². The van der Waals surface area contributed by atoms with Gasteiger partial charge in [0, 0.05) is 24.2 Å². The summed E-state index contributed by atoms with van der Waals surface area (Å²) in [7, 11) is -2.22. The number of thiazole rings is 1. The lowest BCUT2D eigenvalue weighted by Gasteiger charge is -2.26. The van der Waals surface area contributed by atoms with E-state index in [1.165, 1.54) is 23.5 Å². The van der Waals surface area contributed by atoms with E-state index in [0.29, 0.717) is 24.5 Å². The Kier molecular flexibility index (Phi) is 5.65. The summed E-state index contributed by atoms with van der Waals surface area (Å²) in [5.74, 6) is 1.26. The van der Waals surface area contributed by atoms with E-state index in [9.17, 15) is 8.42 Å². The predicted molar refractivity (Wildman–Crippen MR) is 125 cm³/mol. The topological polar surface area (TPSA) is 114 Å². The molecule has 1 aliphatic rings. The fourth-order valence-electron chi connectivity index (χ4n) is 3.95. The number of methoxy groups -OCH3 is 1. The second-order valence-electron chi connectivity index (χ2n) is 7.55. The Bertz CT molecular complexity index is 1390. The molecule has 0 saturated carbocycles. The first kappa shape index (κ1) is 21.6. The normalized spacial score (nSPS) is 16.8. The third kappa shape index (κ3) is 4.24. The third-order valence-corrected chi connectivity index (χ3v) is 7.45. The van der Waals surface area contributed by atoms with Crippen LogP contribution in [0.2, 0.25) is 0 Å². The van der Waals surface area contributed by atoms with E-state index in [4.69, 9.17) is 24.3 Å². The second kappa shape index (κ2) is 8.62. The van der Waals surface area contributed by atoms with Crippen molar-refractivity contribution in [2.45, 2.75) is 23.3 Å². The molecule has 170 valence electrons. The lowest BCUT2D eigenvalue weighted by Crippen LogP contribution is -2.27. The molecule has 2 N–H and O–H groups in total. The maximum atomic E-state index is 11.8. The average molecular weight is 484 g/mol. The minimum absolute atomic E-state index is 0.0261. The molecule has 2 aromatic carbocycles. The zero-order chi connectivity index (χ0) is 23.0. The molecule has 5 rings (SSSR count). The fourth-order valence-corrected chi connectivity index (χ4v) is 5.56. The molecule has 0 aliphatic carbocycles. The van der Waals surface area contributed by atoms with Crippen LogP contribution in [0.4, 0.5) is 0 Å². The van der Waals surface area contributed by atoms with Crippen molar-refractivity contribution in [1.82, 2.24) is 9.97 Å². The van der Waals surface area contributed by atoms with Gasteiger partial charge in [-0.25, -0.2) is 23.5 Å². The maximum absolute atomic E-state index is 11.8. The van der Waals surface area contributed by atoms with Gasteiger partial charge in [0.25, 0.3) is 0 Å². The number of para-hydroxylation sites is 1. The van der Waals surface area contributed by atoms with Crippen LogP contribution in [-0.4, -0.2) is 38.2 Å². The largest absolute Gasteiger partial charge is 0.496 e. The molecule has 2 atom stereocenters. The minimum Gasteiger partial charge on any atom is -0.496 e. The third-order valence-electron chi connectivity index (χ3n) is 5.48. The molecular weight excluding hydrogens is 462 g/mol. The maximum Gasteiger partial charge on any atom is 0.238 e. The number of fused-ring (bicyclic) bond motifs is 2. The molecule has 4 aromatic rings. The summed E-state index contributed by atoms with van der Waals surface area (Å²) in [5.41, 5.74) is 1.76. The van der Waals surface area contributed by atoms with Crippen molar-refractivity contribution in [3.8, 4) is 17.2 Å². The number of primary sulfonamides is 1. The van der Waals surface area contributed by atoms with Crippen molar-refractivity contribution in [2.75, 3.05) is 13.7 Å². The average Bonchev–Trinajstić information content (AvgIpc) is 3.11. The van der Waals surface area contributed by atoms with Crippen LogP contribution >= 0.6 is 11.3 Å². The van der Waals surface area contributed by atoms with Gasteiger partial charge in [-0.1, -0.05) is 29.5 Å². The van der Waals surface area contributed by atoms with Crippen LogP contribution < -0.4 is 19.3 Å². The van der Waals surface area contributed by atoms with Gasteiger partial charge in [0.15, 0.2) is 11.5 Å². The Balaban J connectivity index is 1.61. The predicted octanol–water partition coefficient (Wildman–Crippen LogP) is 3.71.